The average molecular weight is 218 g/mol. The highest BCUT2D eigenvalue weighted by atomic mass is 35.5. The molecule has 0 aliphatic heterocycles. The zero-order chi connectivity index (χ0) is 9.84. The minimum absolute atomic E-state index is 0.410. The summed E-state index contributed by atoms with van der Waals surface area (Å²) in [4.78, 5) is 1.31. The second-order valence-electron chi connectivity index (χ2n) is 3.34. The van der Waals surface area contributed by atoms with Crippen LogP contribution < -0.4 is 5.32 Å². The predicted octanol–water partition coefficient (Wildman–Crippen LogP) is 3.85. The summed E-state index contributed by atoms with van der Waals surface area (Å²) in [6, 6.07) is 5.02. The van der Waals surface area contributed by atoms with Crippen molar-refractivity contribution < 1.29 is 0 Å². The summed E-state index contributed by atoms with van der Waals surface area (Å²) in [6.45, 7) is 6.56. The lowest BCUT2D eigenvalue weighted by Gasteiger charge is -2.17. The van der Waals surface area contributed by atoms with Gasteiger partial charge in [0, 0.05) is 17.0 Å². The smallest absolute Gasteiger partial charge is 0.0931 e. The number of halogens is 1. The van der Waals surface area contributed by atoms with E-state index in [-0.39, 0.29) is 0 Å². The molecule has 0 aliphatic carbocycles. The van der Waals surface area contributed by atoms with Gasteiger partial charge < -0.3 is 5.32 Å². The average Bonchev–Trinajstić information content (AvgIpc) is 2.51. The molecule has 74 valence electrons. The molecule has 13 heavy (non-hydrogen) atoms. The van der Waals surface area contributed by atoms with E-state index in [4.69, 9.17) is 11.6 Å². The van der Waals surface area contributed by atoms with Crippen LogP contribution in [-0.4, -0.2) is 6.04 Å². The van der Waals surface area contributed by atoms with E-state index in [1.54, 1.807) is 11.3 Å². The third-order valence-corrected chi connectivity index (χ3v) is 3.58. The molecule has 1 aromatic heterocycles. The van der Waals surface area contributed by atoms with Crippen molar-refractivity contribution in [1.29, 1.82) is 0 Å². The molecule has 0 spiro atoms. The van der Waals surface area contributed by atoms with Crippen molar-refractivity contribution in [3.05, 3.63) is 21.3 Å². The maximum atomic E-state index is 5.87. The molecule has 1 nitrogen and oxygen atoms in total. The van der Waals surface area contributed by atoms with Crippen molar-refractivity contribution in [2.24, 2.45) is 0 Å². The van der Waals surface area contributed by atoms with Crippen LogP contribution in [0.15, 0.2) is 12.1 Å². The van der Waals surface area contributed by atoms with Crippen molar-refractivity contribution in [3.63, 3.8) is 0 Å². The Hall–Kier alpha value is -0.0500. The Morgan fingerprint density at radius 1 is 1.46 bits per heavy atom. The molecule has 3 heteroatoms. The van der Waals surface area contributed by atoms with Gasteiger partial charge in [0.05, 0.1) is 4.34 Å². The molecular formula is C10H16ClNS. The van der Waals surface area contributed by atoms with Crippen molar-refractivity contribution in [3.8, 4) is 0 Å². The van der Waals surface area contributed by atoms with E-state index in [9.17, 15) is 0 Å². The Morgan fingerprint density at radius 2 is 2.15 bits per heavy atom. The van der Waals surface area contributed by atoms with E-state index in [2.05, 4.69) is 32.2 Å². The number of rotatable bonds is 4. The van der Waals surface area contributed by atoms with E-state index in [1.807, 2.05) is 6.07 Å². The Bertz CT molecular complexity index is 259. The first-order chi connectivity index (χ1) is 6.13. The maximum Gasteiger partial charge on any atom is 0.0931 e. The monoisotopic (exact) mass is 217 g/mol. The normalized spacial score (nSPS) is 15.7. The van der Waals surface area contributed by atoms with Crippen LogP contribution >= 0.6 is 22.9 Å². The highest BCUT2D eigenvalue weighted by Gasteiger charge is 2.09. The topological polar surface area (TPSA) is 12.0 Å². The number of hydrogen-bond donors (Lipinski definition) is 1. The molecule has 1 N–H and O–H groups in total. The van der Waals surface area contributed by atoms with Crippen LogP contribution in [0.1, 0.15) is 38.1 Å². The molecule has 0 saturated heterocycles. The van der Waals surface area contributed by atoms with Gasteiger partial charge in [-0.1, -0.05) is 18.5 Å². The van der Waals surface area contributed by atoms with Crippen molar-refractivity contribution in [2.45, 2.75) is 39.3 Å². The summed E-state index contributed by atoms with van der Waals surface area (Å²) < 4.78 is 0.868. The Labute approximate surface area is 89.1 Å². The van der Waals surface area contributed by atoms with Gasteiger partial charge in [0.15, 0.2) is 0 Å². The molecule has 0 aliphatic rings. The lowest BCUT2D eigenvalue weighted by Crippen LogP contribution is -2.27. The highest BCUT2D eigenvalue weighted by molar-refractivity contribution is 7.16. The fourth-order valence-electron chi connectivity index (χ4n) is 1.19. The second-order valence-corrected chi connectivity index (χ2v) is 5.09. The van der Waals surface area contributed by atoms with Crippen LogP contribution in [-0.2, 0) is 0 Å². The van der Waals surface area contributed by atoms with Gasteiger partial charge in [0.1, 0.15) is 0 Å². The SMILES string of the molecule is CC[C@H](C)N[C@H](C)c1ccc(Cl)s1. The van der Waals surface area contributed by atoms with E-state index >= 15 is 0 Å². The summed E-state index contributed by atoms with van der Waals surface area (Å²) in [7, 11) is 0. The quantitative estimate of drug-likeness (QED) is 0.808. The zero-order valence-corrected chi connectivity index (χ0v) is 9.88. The minimum Gasteiger partial charge on any atom is -0.307 e. The van der Waals surface area contributed by atoms with Gasteiger partial charge >= 0.3 is 0 Å². The molecule has 1 heterocycles. The number of thiophene rings is 1. The molecule has 0 aromatic carbocycles. The third-order valence-electron chi connectivity index (χ3n) is 2.17. The predicted molar refractivity (Wildman–Crippen MR) is 60.6 cm³/mol. The van der Waals surface area contributed by atoms with Gasteiger partial charge in [-0.3, -0.25) is 0 Å². The Kier molecular flexibility index (Phi) is 4.23. The van der Waals surface area contributed by atoms with E-state index in [1.165, 1.54) is 4.88 Å². The molecule has 0 unspecified atom stereocenters. The first-order valence-corrected chi connectivity index (χ1v) is 5.84. The molecule has 0 radical (unpaired) electrons. The Balaban J connectivity index is 2.53. The molecule has 1 aromatic rings. The first-order valence-electron chi connectivity index (χ1n) is 4.64. The van der Waals surface area contributed by atoms with Crippen molar-refractivity contribution >= 4 is 22.9 Å². The van der Waals surface area contributed by atoms with Crippen LogP contribution in [0.3, 0.4) is 0 Å². The molecule has 2 atom stereocenters. The third kappa shape index (κ3) is 3.29. The summed E-state index contributed by atoms with van der Waals surface area (Å²) in [5, 5.41) is 3.51. The largest absolute Gasteiger partial charge is 0.307 e. The summed E-state index contributed by atoms with van der Waals surface area (Å²) in [5.74, 6) is 0. The fourth-order valence-corrected chi connectivity index (χ4v) is 2.26. The maximum absolute atomic E-state index is 5.87. The molecule has 0 saturated carbocycles. The molecule has 0 bridgehead atoms. The minimum atomic E-state index is 0.410. The van der Waals surface area contributed by atoms with Gasteiger partial charge in [-0.05, 0) is 32.4 Å². The van der Waals surface area contributed by atoms with E-state index < -0.39 is 0 Å². The Morgan fingerprint density at radius 3 is 2.62 bits per heavy atom. The van der Waals surface area contributed by atoms with Crippen molar-refractivity contribution in [2.75, 3.05) is 0 Å². The number of hydrogen-bond acceptors (Lipinski definition) is 2. The summed E-state index contributed by atoms with van der Waals surface area (Å²) in [6.07, 6.45) is 1.16. The zero-order valence-electron chi connectivity index (χ0n) is 8.30. The van der Waals surface area contributed by atoms with Crippen LogP contribution in [0.4, 0.5) is 0 Å². The molecule has 0 amide bonds. The second kappa shape index (κ2) is 4.99. The van der Waals surface area contributed by atoms with Crippen LogP contribution in [0.25, 0.3) is 0 Å². The molecular weight excluding hydrogens is 202 g/mol. The fraction of sp³-hybridized carbons (Fsp3) is 0.600. The lowest BCUT2D eigenvalue weighted by molar-refractivity contribution is 0.474. The summed E-state index contributed by atoms with van der Waals surface area (Å²) in [5.41, 5.74) is 0. The molecule has 0 fully saturated rings. The van der Waals surface area contributed by atoms with Crippen molar-refractivity contribution in [1.82, 2.24) is 5.32 Å². The van der Waals surface area contributed by atoms with Crippen LogP contribution in [0, 0.1) is 0 Å². The van der Waals surface area contributed by atoms with Gasteiger partial charge in [0.25, 0.3) is 0 Å². The van der Waals surface area contributed by atoms with Crippen LogP contribution in [0.2, 0.25) is 4.34 Å². The first kappa shape index (κ1) is 11.0. The standard InChI is InChI=1S/C10H16ClNS/c1-4-7(2)12-8(3)9-5-6-10(11)13-9/h5-8,12H,4H2,1-3H3/t7-,8+/m0/s1. The van der Waals surface area contributed by atoms with Gasteiger partial charge in [-0.25, -0.2) is 0 Å². The van der Waals surface area contributed by atoms with Gasteiger partial charge in [-0.2, -0.15) is 0 Å². The van der Waals surface area contributed by atoms with E-state index in [0.717, 1.165) is 10.8 Å². The van der Waals surface area contributed by atoms with Crippen LogP contribution in [0.5, 0.6) is 0 Å². The lowest BCUT2D eigenvalue weighted by atomic mass is 10.2. The van der Waals surface area contributed by atoms with Gasteiger partial charge in [-0.15, -0.1) is 11.3 Å². The molecule has 1 rings (SSSR count). The summed E-state index contributed by atoms with van der Waals surface area (Å²) >= 11 is 7.52. The number of nitrogens with one attached hydrogen (secondary N) is 1. The van der Waals surface area contributed by atoms with Gasteiger partial charge in [0.2, 0.25) is 0 Å². The van der Waals surface area contributed by atoms with E-state index in [0.29, 0.717) is 12.1 Å². The highest BCUT2D eigenvalue weighted by Crippen LogP contribution is 2.26.